The normalized spacial score (nSPS) is 11.0. The number of amides is 1. The number of rotatable bonds is 4. The van der Waals surface area contributed by atoms with Gasteiger partial charge in [-0.05, 0) is 29.7 Å². The van der Waals surface area contributed by atoms with Crippen molar-refractivity contribution in [2.45, 2.75) is 0 Å². The maximum atomic E-state index is 11.5. The van der Waals surface area contributed by atoms with Gasteiger partial charge in [-0.2, -0.15) is 0 Å². The van der Waals surface area contributed by atoms with E-state index in [4.69, 9.17) is 10.5 Å². The fourth-order valence-corrected chi connectivity index (χ4v) is 2.52. The van der Waals surface area contributed by atoms with Crippen LogP contribution in [0.15, 0.2) is 65.7 Å². The van der Waals surface area contributed by atoms with Crippen molar-refractivity contribution in [3.63, 3.8) is 0 Å². The lowest BCUT2D eigenvalue weighted by Gasteiger charge is -2.07. The van der Waals surface area contributed by atoms with E-state index in [0.29, 0.717) is 11.3 Å². The number of hydrogen-bond donors (Lipinski definition) is 1. The van der Waals surface area contributed by atoms with Gasteiger partial charge in [0.05, 0.1) is 18.4 Å². The molecule has 23 heavy (non-hydrogen) atoms. The molecular formula is C19H16N2O2. The van der Waals surface area contributed by atoms with Crippen molar-refractivity contribution in [1.29, 1.82) is 0 Å². The highest BCUT2D eigenvalue weighted by Crippen LogP contribution is 2.28. The molecule has 4 nitrogen and oxygen atoms in total. The maximum absolute atomic E-state index is 11.5. The summed E-state index contributed by atoms with van der Waals surface area (Å²) in [5.41, 5.74) is 7.29. The van der Waals surface area contributed by atoms with Crippen molar-refractivity contribution in [3.05, 3.63) is 71.8 Å². The first-order chi connectivity index (χ1) is 11.2. The molecule has 0 bridgehead atoms. The fourth-order valence-electron chi connectivity index (χ4n) is 2.52. The second kappa shape index (κ2) is 6.32. The van der Waals surface area contributed by atoms with E-state index in [1.54, 1.807) is 31.5 Å². The summed E-state index contributed by atoms with van der Waals surface area (Å²) in [5.74, 6) is 0.327. The Morgan fingerprint density at radius 2 is 1.70 bits per heavy atom. The Labute approximate surface area is 134 Å². The summed E-state index contributed by atoms with van der Waals surface area (Å²) in [6, 6.07) is 18.8. The molecule has 3 aromatic carbocycles. The molecule has 3 aromatic rings. The van der Waals surface area contributed by atoms with Gasteiger partial charge in [-0.25, -0.2) is 0 Å². The number of ether oxygens (including phenoxy) is 1. The number of hydrogen-bond acceptors (Lipinski definition) is 3. The minimum Gasteiger partial charge on any atom is -0.496 e. The molecule has 4 heteroatoms. The summed E-state index contributed by atoms with van der Waals surface area (Å²) in [7, 11) is 1.65. The number of nitrogens with zero attached hydrogens (tertiary/aromatic N) is 1. The number of carbonyl (C=O) groups excluding carboxylic acids is 1. The van der Waals surface area contributed by atoms with Gasteiger partial charge >= 0.3 is 0 Å². The minimum absolute atomic E-state index is 0.404. The van der Waals surface area contributed by atoms with Crippen molar-refractivity contribution >= 4 is 28.6 Å². The lowest BCUT2D eigenvalue weighted by molar-refractivity contribution is 0.100. The second-order valence-electron chi connectivity index (χ2n) is 5.04. The molecule has 0 unspecified atom stereocenters. The van der Waals surface area contributed by atoms with Crippen LogP contribution in [0, 0.1) is 0 Å². The lowest BCUT2D eigenvalue weighted by Crippen LogP contribution is -2.10. The highest BCUT2D eigenvalue weighted by molar-refractivity contribution is 6.04. The van der Waals surface area contributed by atoms with Gasteiger partial charge in [0.15, 0.2) is 0 Å². The van der Waals surface area contributed by atoms with Gasteiger partial charge in [-0.1, -0.05) is 36.4 Å². The highest BCUT2D eigenvalue weighted by Gasteiger charge is 2.07. The zero-order valence-electron chi connectivity index (χ0n) is 12.7. The fraction of sp³-hybridized carbons (Fsp3) is 0.0526. The van der Waals surface area contributed by atoms with Gasteiger partial charge in [0.2, 0.25) is 0 Å². The third-order valence-corrected chi connectivity index (χ3v) is 3.65. The first-order valence-electron chi connectivity index (χ1n) is 7.19. The molecule has 0 fully saturated rings. The summed E-state index contributed by atoms with van der Waals surface area (Å²) in [5, 5.41) is 2.05. The Morgan fingerprint density at radius 1 is 1.00 bits per heavy atom. The van der Waals surface area contributed by atoms with E-state index in [1.807, 2.05) is 42.5 Å². The third kappa shape index (κ3) is 2.92. The Morgan fingerprint density at radius 3 is 2.43 bits per heavy atom. The van der Waals surface area contributed by atoms with Crippen molar-refractivity contribution in [2.75, 3.05) is 7.11 Å². The van der Waals surface area contributed by atoms with Crippen molar-refractivity contribution < 1.29 is 9.53 Å². The number of fused-ring (bicyclic) bond motifs is 1. The van der Waals surface area contributed by atoms with Gasteiger partial charge in [-0.3, -0.25) is 9.79 Å². The maximum Gasteiger partial charge on any atom is 0.250 e. The van der Waals surface area contributed by atoms with Gasteiger partial charge in [0.25, 0.3) is 5.91 Å². The van der Waals surface area contributed by atoms with Crippen LogP contribution in [0.5, 0.6) is 5.75 Å². The Balaban J connectivity index is 2.08. The summed E-state index contributed by atoms with van der Waals surface area (Å²) in [6.07, 6.45) is 1.74. The Kier molecular flexibility index (Phi) is 4.06. The standard InChI is InChI=1S/C19H16N2O2/c1-23-18-11-10-13(14-6-2-3-7-15(14)18)12-21-17-9-5-4-8-16(17)19(20)22/h2-12H,1H3,(H2,20,22). The van der Waals surface area contributed by atoms with Crippen LogP contribution >= 0.6 is 0 Å². The molecule has 1 amide bonds. The molecule has 0 radical (unpaired) electrons. The molecule has 0 aromatic heterocycles. The average molecular weight is 304 g/mol. The number of nitrogens with two attached hydrogens (primary N) is 1. The van der Waals surface area contributed by atoms with Crippen LogP contribution in [0.2, 0.25) is 0 Å². The second-order valence-corrected chi connectivity index (χ2v) is 5.04. The molecule has 0 aliphatic carbocycles. The van der Waals surface area contributed by atoms with E-state index < -0.39 is 5.91 Å². The quantitative estimate of drug-likeness (QED) is 0.747. The first kappa shape index (κ1) is 14.8. The van der Waals surface area contributed by atoms with Crippen LogP contribution in [-0.2, 0) is 0 Å². The molecular weight excluding hydrogens is 288 g/mol. The van der Waals surface area contributed by atoms with E-state index in [0.717, 1.165) is 22.1 Å². The van der Waals surface area contributed by atoms with E-state index in [-0.39, 0.29) is 0 Å². The van der Waals surface area contributed by atoms with Crippen LogP contribution < -0.4 is 10.5 Å². The molecule has 0 spiro atoms. The summed E-state index contributed by atoms with van der Waals surface area (Å²) < 4.78 is 5.39. The molecule has 0 atom stereocenters. The van der Waals surface area contributed by atoms with Gasteiger partial charge in [0.1, 0.15) is 5.75 Å². The smallest absolute Gasteiger partial charge is 0.250 e. The topological polar surface area (TPSA) is 64.7 Å². The van der Waals surface area contributed by atoms with Crippen LogP contribution in [0.3, 0.4) is 0 Å². The Hall–Kier alpha value is -3.14. The van der Waals surface area contributed by atoms with E-state index in [2.05, 4.69) is 4.99 Å². The predicted molar refractivity (Wildman–Crippen MR) is 92.7 cm³/mol. The SMILES string of the molecule is COc1ccc(C=Nc2ccccc2C(N)=O)c2ccccc12. The summed E-state index contributed by atoms with van der Waals surface area (Å²) in [6.45, 7) is 0. The van der Waals surface area contributed by atoms with E-state index >= 15 is 0 Å². The molecule has 0 aliphatic rings. The number of primary amides is 1. The molecule has 0 heterocycles. The molecule has 0 aliphatic heterocycles. The molecule has 0 saturated carbocycles. The molecule has 2 N–H and O–H groups in total. The Bertz CT molecular complexity index is 901. The van der Waals surface area contributed by atoms with Crippen LogP contribution in [0.25, 0.3) is 10.8 Å². The number of carbonyl (C=O) groups is 1. The van der Waals surface area contributed by atoms with Crippen molar-refractivity contribution in [2.24, 2.45) is 10.7 Å². The molecule has 114 valence electrons. The number of methoxy groups -OCH3 is 1. The monoisotopic (exact) mass is 304 g/mol. The summed E-state index contributed by atoms with van der Waals surface area (Å²) >= 11 is 0. The zero-order chi connectivity index (χ0) is 16.2. The van der Waals surface area contributed by atoms with Gasteiger partial charge < -0.3 is 10.5 Å². The van der Waals surface area contributed by atoms with Gasteiger partial charge in [-0.15, -0.1) is 0 Å². The lowest BCUT2D eigenvalue weighted by atomic mass is 10.0. The highest BCUT2D eigenvalue weighted by atomic mass is 16.5. The van der Waals surface area contributed by atoms with E-state index in [1.165, 1.54) is 0 Å². The predicted octanol–water partition coefficient (Wildman–Crippen LogP) is 3.70. The number of benzene rings is 3. The average Bonchev–Trinajstić information content (AvgIpc) is 2.59. The molecule has 0 saturated heterocycles. The third-order valence-electron chi connectivity index (χ3n) is 3.65. The van der Waals surface area contributed by atoms with Crippen LogP contribution in [0.1, 0.15) is 15.9 Å². The number of aliphatic imine (C=N–C) groups is 1. The first-order valence-corrected chi connectivity index (χ1v) is 7.19. The molecule has 3 rings (SSSR count). The van der Waals surface area contributed by atoms with Crippen LogP contribution in [-0.4, -0.2) is 19.2 Å². The summed E-state index contributed by atoms with van der Waals surface area (Å²) in [4.78, 5) is 15.9. The largest absolute Gasteiger partial charge is 0.496 e. The number of para-hydroxylation sites is 1. The van der Waals surface area contributed by atoms with Crippen LogP contribution in [0.4, 0.5) is 5.69 Å². The minimum atomic E-state index is -0.489. The zero-order valence-corrected chi connectivity index (χ0v) is 12.7. The van der Waals surface area contributed by atoms with Gasteiger partial charge in [0, 0.05) is 17.2 Å². The van der Waals surface area contributed by atoms with Crippen molar-refractivity contribution in [1.82, 2.24) is 0 Å². The van der Waals surface area contributed by atoms with Crippen molar-refractivity contribution in [3.8, 4) is 5.75 Å². The van der Waals surface area contributed by atoms with E-state index in [9.17, 15) is 4.79 Å².